The minimum Gasteiger partial charge on any atom is -0.349 e. The van der Waals surface area contributed by atoms with Gasteiger partial charge in [-0.3, -0.25) is 9.48 Å². The number of amides is 1. The van der Waals surface area contributed by atoms with Gasteiger partial charge in [0.25, 0.3) is 0 Å². The van der Waals surface area contributed by atoms with Crippen molar-refractivity contribution >= 4 is 5.91 Å². The van der Waals surface area contributed by atoms with Gasteiger partial charge in [0.15, 0.2) is 5.82 Å². The maximum atomic E-state index is 11.4. The second kappa shape index (κ2) is 6.22. The first-order valence-corrected chi connectivity index (χ1v) is 5.42. The van der Waals surface area contributed by atoms with E-state index in [-0.39, 0.29) is 5.91 Å². The topological polar surface area (TPSA) is 71.8 Å². The van der Waals surface area contributed by atoms with Gasteiger partial charge < -0.3 is 10.6 Å². The fraction of sp³-hybridized carbons (Fsp3) is 0.700. The van der Waals surface area contributed by atoms with Crippen molar-refractivity contribution in [1.82, 2.24) is 25.4 Å². The summed E-state index contributed by atoms with van der Waals surface area (Å²) in [7, 11) is 1.80. The molecule has 1 heterocycles. The van der Waals surface area contributed by atoms with Crippen LogP contribution in [0, 0.1) is 0 Å². The second-order valence-corrected chi connectivity index (χ2v) is 3.97. The molecule has 0 aliphatic carbocycles. The molecule has 1 amide bonds. The summed E-state index contributed by atoms with van der Waals surface area (Å²) < 4.78 is 1.61. The molecule has 0 aliphatic rings. The fourth-order valence-electron chi connectivity index (χ4n) is 1.21. The molecule has 0 saturated heterocycles. The third-order valence-corrected chi connectivity index (χ3v) is 2.00. The first kappa shape index (κ1) is 12.6. The Morgan fingerprint density at radius 3 is 2.88 bits per heavy atom. The number of hydrogen-bond donors (Lipinski definition) is 2. The van der Waals surface area contributed by atoms with Crippen molar-refractivity contribution in [2.45, 2.75) is 32.9 Å². The van der Waals surface area contributed by atoms with E-state index in [2.05, 4.69) is 34.6 Å². The molecule has 2 N–H and O–H groups in total. The summed E-state index contributed by atoms with van der Waals surface area (Å²) in [5.74, 6) is 0.647. The van der Waals surface area contributed by atoms with Gasteiger partial charge in [0.05, 0.1) is 6.54 Å². The van der Waals surface area contributed by atoms with Crippen molar-refractivity contribution in [2.75, 3.05) is 6.54 Å². The van der Waals surface area contributed by atoms with E-state index in [0.717, 1.165) is 0 Å². The zero-order valence-electron chi connectivity index (χ0n) is 10.0. The lowest BCUT2D eigenvalue weighted by atomic mass is 10.3. The van der Waals surface area contributed by atoms with Gasteiger partial charge >= 0.3 is 0 Å². The van der Waals surface area contributed by atoms with Gasteiger partial charge in [0.2, 0.25) is 5.91 Å². The van der Waals surface area contributed by atoms with Crippen molar-refractivity contribution in [3.63, 3.8) is 0 Å². The highest BCUT2D eigenvalue weighted by atomic mass is 16.1. The Balaban J connectivity index is 2.15. The average molecular weight is 225 g/mol. The van der Waals surface area contributed by atoms with E-state index in [1.165, 1.54) is 0 Å². The van der Waals surface area contributed by atoms with Gasteiger partial charge in [-0.1, -0.05) is 13.8 Å². The summed E-state index contributed by atoms with van der Waals surface area (Å²) in [6, 6.07) is 0.408. The van der Waals surface area contributed by atoms with Gasteiger partial charge in [-0.15, -0.1) is 0 Å². The van der Waals surface area contributed by atoms with Crippen LogP contribution in [0.15, 0.2) is 6.33 Å². The number of aryl methyl sites for hydroxylation is 1. The van der Waals surface area contributed by atoms with Crippen molar-refractivity contribution in [1.29, 1.82) is 0 Å². The lowest BCUT2D eigenvalue weighted by Crippen LogP contribution is -2.30. The van der Waals surface area contributed by atoms with Crippen LogP contribution < -0.4 is 10.6 Å². The molecular formula is C10H19N5O. The first-order valence-electron chi connectivity index (χ1n) is 5.42. The van der Waals surface area contributed by atoms with Gasteiger partial charge in [-0.05, 0) is 0 Å². The Hall–Kier alpha value is -1.43. The van der Waals surface area contributed by atoms with Crippen LogP contribution in [0.4, 0.5) is 0 Å². The molecule has 6 nitrogen and oxygen atoms in total. The monoisotopic (exact) mass is 225 g/mol. The fourth-order valence-corrected chi connectivity index (χ4v) is 1.21. The van der Waals surface area contributed by atoms with Crippen LogP contribution in [0.25, 0.3) is 0 Å². The van der Waals surface area contributed by atoms with E-state index in [1.807, 2.05) is 0 Å². The summed E-state index contributed by atoms with van der Waals surface area (Å²) in [5.41, 5.74) is 0. The number of carbonyl (C=O) groups is 1. The third kappa shape index (κ3) is 4.88. The van der Waals surface area contributed by atoms with Crippen molar-refractivity contribution < 1.29 is 4.79 Å². The van der Waals surface area contributed by atoms with E-state index in [4.69, 9.17) is 0 Å². The lowest BCUT2D eigenvalue weighted by molar-refractivity contribution is -0.121. The summed E-state index contributed by atoms with van der Waals surface area (Å²) >= 11 is 0. The predicted octanol–water partition coefficient (Wildman–Crippen LogP) is -0.181. The Morgan fingerprint density at radius 1 is 1.56 bits per heavy atom. The van der Waals surface area contributed by atoms with E-state index in [9.17, 15) is 4.79 Å². The molecule has 0 unspecified atom stereocenters. The van der Waals surface area contributed by atoms with Gasteiger partial charge in [0.1, 0.15) is 6.33 Å². The number of hydrogen-bond acceptors (Lipinski definition) is 4. The molecule has 0 radical (unpaired) electrons. The van der Waals surface area contributed by atoms with E-state index in [0.29, 0.717) is 31.4 Å². The molecule has 1 aromatic rings. The molecule has 1 aromatic heterocycles. The van der Waals surface area contributed by atoms with Gasteiger partial charge in [0, 0.05) is 26.1 Å². The van der Waals surface area contributed by atoms with Crippen LogP contribution >= 0.6 is 0 Å². The van der Waals surface area contributed by atoms with E-state index >= 15 is 0 Å². The molecule has 0 fully saturated rings. The van der Waals surface area contributed by atoms with Gasteiger partial charge in [-0.25, -0.2) is 4.98 Å². The van der Waals surface area contributed by atoms with Crippen LogP contribution in [0.3, 0.4) is 0 Å². The number of nitrogens with one attached hydrogen (secondary N) is 2. The highest BCUT2D eigenvalue weighted by Crippen LogP contribution is 1.88. The number of aromatic nitrogens is 3. The summed E-state index contributed by atoms with van der Waals surface area (Å²) in [6.45, 7) is 5.19. The summed E-state index contributed by atoms with van der Waals surface area (Å²) in [4.78, 5) is 15.4. The molecule has 90 valence electrons. The molecule has 0 spiro atoms. The average Bonchev–Trinajstić information content (AvgIpc) is 2.61. The molecule has 0 aliphatic heterocycles. The van der Waals surface area contributed by atoms with Crippen molar-refractivity contribution in [2.24, 2.45) is 7.05 Å². The van der Waals surface area contributed by atoms with E-state index in [1.54, 1.807) is 18.1 Å². The largest absolute Gasteiger partial charge is 0.349 e. The Labute approximate surface area is 95.4 Å². The Kier molecular flexibility index (Phi) is 4.91. The van der Waals surface area contributed by atoms with Crippen molar-refractivity contribution in [3.8, 4) is 0 Å². The molecule has 0 atom stereocenters. The van der Waals surface area contributed by atoms with Crippen LogP contribution in [-0.2, 0) is 18.4 Å². The number of nitrogens with zero attached hydrogens (tertiary/aromatic N) is 3. The minimum absolute atomic E-state index is 0.0144. The smallest absolute Gasteiger partial charge is 0.221 e. The lowest BCUT2D eigenvalue weighted by Gasteiger charge is -2.07. The summed E-state index contributed by atoms with van der Waals surface area (Å²) in [6.07, 6.45) is 2.09. The maximum Gasteiger partial charge on any atom is 0.221 e. The number of carbonyl (C=O) groups excluding carboxylic acids is 1. The zero-order valence-corrected chi connectivity index (χ0v) is 10.0. The molecule has 6 heteroatoms. The SMILES string of the molecule is CC(C)NCCC(=O)NCc1ncn(C)n1. The first-order chi connectivity index (χ1) is 7.58. The van der Waals surface area contributed by atoms with Crippen LogP contribution in [0.1, 0.15) is 26.1 Å². The van der Waals surface area contributed by atoms with Crippen LogP contribution in [0.2, 0.25) is 0 Å². The molecule has 0 aromatic carbocycles. The third-order valence-electron chi connectivity index (χ3n) is 2.00. The van der Waals surface area contributed by atoms with E-state index < -0.39 is 0 Å². The van der Waals surface area contributed by atoms with Crippen LogP contribution in [0.5, 0.6) is 0 Å². The van der Waals surface area contributed by atoms with Crippen LogP contribution in [-0.4, -0.2) is 33.3 Å². The van der Waals surface area contributed by atoms with Gasteiger partial charge in [-0.2, -0.15) is 5.10 Å². The normalized spacial score (nSPS) is 10.8. The zero-order chi connectivity index (χ0) is 12.0. The molecule has 0 bridgehead atoms. The standard InChI is InChI=1S/C10H19N5O/c1-8(2)11-5-4-10(16)12-6-9-13-7-15(3)14-9/h7-8,11H,4-6H2,1-3H3,(H,12,16). The molecule has 1 rings (SSSR count). The highest BCUT2D eigenvalue weighted by Gasteiger charge is 2.03. The Morgan fingerprint density at radius 2 is 2.31 bits per heavy atom. The quantitative estimate of drug-likeness (QED) is 0.704. The maximum absolute atomic E-state index is 11.4. The summed E-state index contributed by atoms with van der Waals surface area (Å²) in [5, 5.41) is 10.0. The molecular weight excluding hydrogens is 206 g/mol. The highest BCUT2D eigenvalue weighted by molar-refractivity contribution is 5.75. The number of rotatable bonds is 6. The Bertz CT molecular complexity index is 334. The predicted molar refractivity (Wildman–Crippen MR) is 60.6 cm³/mol. The van der Waals surface area contributed by atoms with Crippen molar-refractivity contribution in [3.05, 3.63) is 12.2 Å². The molecule has 16 heavy (non-hydrogen) atoms. The second-order valence-electron chi connectivity index (χ2n) is 3.97. The molecule has 0 saturated carbocycles. The minimum atomic E-state index is 0.0144.